The Kier molecular flexibility index (Phi) is 5.32. The number of hydrogen-bond acceptors (Lipinski definition) is 7. The van der Waals surface area contributed by atoms with Crippen molar-refractivity contribution in [2.75, 3.05) is 12.8 Å². The van der Waals surface area contributed by atoms with Gasteiger partial charge in [-0.3, -0.25) is 0 Å². The summed E-state index contributed by atoms with van der Waals surface area (Å²) in [5.41, 5.74) is 11.4. The fourth-order valence-corrected chi connectivity index (χ4v) is 4.96. The standard InChI is InChI=1S/C26H26N6OS/c1-15-28-14-23(34-15)19-8-7-18(33-5)11-20(19)24-31-21-10-16(17-12-29-25(27)30-13-17)6-9-22(21)32(24)26(2,3)4/h6-14H,1-5H3,(H2,27,29,30). The van der Waals surface area contributed by atoms with Gasteiger partial charge in [0.15, 0.2) is 0 Å². The number of benzene rings is 2. The van der Waals surface area contributed by atoms with E-state index in [1.165, 1.54) is 0 Å². The number of thiazole rings is 1. The molecule has 0 spiro atoms. The molecule has 0 atom stereocenters. The number of anilines is 1. The van der Waals surface area contributed by atoms with Crippen LogP contribution in [0.5, 0.6) is 5.75 Å². The van der Waals surface area contributed by atoms with Gasteiger partial charge in [0.05, 0.1) is 28.0 Å². The van der Waals surface area contributed by atoms with Crippen LogP contribution in [0, 0.1) is 6.92 Å². The third-order valence-corrected chi connectivity index (χ3v) is 6.63. The maximum Gasteiger partial charge on any atom is 0.219 e. The molecule has 2 aromatic carbocycles. The van der Waals surface area contributed by atoms with Gasteiger partial charge in [-0.15, -0.1) is 11.3 Å². The predicted molar refractivity (Wildman–Crippen MR) is 138 cm³/mol. The smallest absolute Gasteiger partial charge is 0.219 e. The highest BCUT2D eigenvalue weighted by Crippen LogP contribution is 2.40. The van der Waals surface area contributed by atoms with Crippen molar-refractivity contribution in [3.8, 4) is 38.7 Å². The van der Waals surface area contributed by atoms with E-state index in [4.69, 9.17) is 15.5 Å². The minimum atomic E-state index is -0.208. The summed E-state index contributed by atoms with van der Waals surface area (Å²) >= 11 is 1.67. The molecule has 172 valence electrons. The van der Waals surface area contributed by atoms with E-state index < -0.39 is 0 Å². The molecule has 0 aliphatic carbocycles. The molecule has 8 heteroatoms. The second-order valence-corrected chi connectivity index (χ2v) is 10.4. The normalized spacial score (nSPS) is 11.8. The van der Waals surface area contributed by atoms with Gasteiger partial charge in [0.25, 0.3) is 0 Å². The topological polar surface area (TPSA) is 91.7 Å². The van der Waals surface area contributed by atoms with Gasteiger partial charge in [0, 0.05) is 40.8 Å². The number of methoxy groups -OCH3 is 1. The van der Waals surface area contributed by atoms with E-state index in [2.05, 4.69) is 70.6 Å². The van der Waals surface area contributed by atoms with Crippen molar-refractivity contribution in [3.05, 3.63) is 60.0 Å². The molecule has 0 aliphatic heterocycles. The molecule has 0 radical (unpaired) electrons. The summed E-state index contributed by atoms with van der Waals surface area (Å²) in [7, 11) is 1.68. The number of aromatic nitrogens is 5. The summed E-state index contributed by atoms with van der Waals surface area (Å²) in [6, 6.07) is 12.4. The highest BCUT2D eigenvalue weighted by molar-refractivity contribution is 7.15. The highest BCUT2D eigenvalue weighted by Gasteiger charge is 2.25. The van der Waals surface area contributed by atoms with Crippen molar-refractivity contribution in [2.45, 2.75) is 33.2 Å². The summed E-state index contributed by atoms with van der Waals surface area (Å²) in [5.74, 6) is 1.92. The summed E-state index contributed by atoms with van der Waals surface area (Å²) in [6.07, 6.45) is 5.39. The van der Waals surface area contributed by atoms with Gasteiger partial charge in [-0.1, -0.05) is 6.07 Å². The quantitative estimate of drug-likeness (QED) is 0.350. The first kappa shape index (κ1) is 22.0. The Hall–Kier alpha value is -3.78. The number of ether oxygens (including phenoxy) is 1. The van der Waals surface area contributed by atoms with Gasteiger partial charge in [0.1, 0.15) is 11.6 Å². The lowest BCUT2D eigenvalue weighted by Gasteiger charge is -2.25. The van der Waals surface area contributed by atoms with Gasteiger partial charge < -0.3 is 15.0 Å². The molecule has 0 bridgehead atoms. The van der Waals surface area contributed by atoms with E-state index in [-0.39, 0.29) is 11.5 Å². The molecule has 5 aromatic rings. The zero-order chi connectivity index (χ0) is 24.0. The van der Waals surface area contributed by atoms with Gasteiger partial charge in [-0.05, 0) is 63.6 Å². The van der Waals surface area contributed by atoms with Crippen LogP contribution in [-0.4, -0.2) is 31.6 Å². The molecule has 0 fully saturated rings. The van der Waals surface area contributed by atoms with E-state index in [9.17, 15) is 0 Å². The minimum Gasteiger partial charge on any atom is -0.497 e. The monoisotopic (exact) mass is 470 g/mol. The fourth-order valence-electron chi connectivity index (χ4n) is 4.14. The maximum absolute atomic E-state index is 5.67. The second kappa shape index (κ2) is 8.22. The maximum atomic E-state index is 5.67. The number of imidazole rings is 1. The average Bonchev–Trinajstić information content (AvgIpc) is 3.42. The van der Waals surface area contributed by atoms with E-state index in [1.807, 2.05) is 19.2 Å². The van der Waals surface area contributed by atoms with Crippen LogP contribution in [0.2, 0.25) is 0 Å². The van der Waals surface area contributed by atoms with Gasteiger partial charge >= 0.3 is 0 Å². The predicted octanol–water partition coefficient (Wildman–Crippen LogP) is 5.94. The third kappa shape index (κ3) is 3.90. The fraction of sp³-hybridized carbons (Fsp3) is 0.231. The average molecular weight is 471 g/mol. The Labute approximate surface area is 202 Å². The first-order valence-corrected chi connectivity index (χ1v) is 11.8. The largest absolute Gasteiger partial charge is 0.497 e. The lowest BCUT2D eigenvalue weighted by Crippen LogP contribution is -2.22. The summed E-state index contributed by atoms with van der Waals surface area (Å²) in [5, 5.41) is 1.02. The van der Waals surface area contributed by atoms with Gasteiger partial charge in [-0.25, -0.2) is 19.9 Å². The molecule has 5 rings (SSSR count). The minimum absolute atomic E-state index is 0.208. The van der Waals surface area contributed by atoms with Crippen LogP contribution in [0.3, 0.4) is 0 Å². The van der Waals surface area contributed by atoms with Crippen molar-refractivity contribution in [1.82, 2.24) is 24.5 Å². The number of nitrogens with two attached hydrogens (primary N) is 1. The SMILES string of the molecule is COc1ccc(-c2cnc(C)s2)c(-c2nc3cc(-c4cnc(N)nc4)ccc3n2C(C)(C)C)c1. The van der Waals surface area contributed by atoms with E-state index in [0.717, 1.165) is 54.7 Å². The lowest BCUT2D eigenvalue weighted by atomic mass is 10.0. The van der Waals surface area contributed by atoms with Gasteiger partial charge in [0.2, 0.25) is 5.95 Å². The molecule has 0 saturated heterocycles. The third-order valence-electron chi connectivity index (χ3n) is 5.68. The van der Waals surface area contributed by atoms with E-state index in [0.29, 0.717) is 0 Å². The molecule has 34 heavy (non-hydrogen) atoms. The van der Waals surface area contributed by atoms with Crippen LogP contribution >= 0.6 is 11.3 Å². The molecule has 0 amide bonds. The lowest BCUT2D eigenvalue weighted by molar-refractivity contribution is 0.410. The van der Waals surface area contributed by atoms with Crippen LogP contribution < -0.4 is 10.5 Å². The molecule has 3 heterocycles. The molecular weight excluding hydrogens is 444 g/mol. The summed E-state index contributed by atoms with van der Waals surface area (Å²) in [4.78, 5) is 19.0. The Morgan fingerprint density at radius 2 is 1.68 bits per heavy atom. The van der Waals surface area contributed by atoms with Crippen LogP contribution in [0.1, 0.15) is 25.8 Å². The zero-order valence-electron chi connectivity index (χ0n) is 19.8. The first-order chi connectivity index (χ1) is 16.2. The molecule has 3 aromatic heterocycles. The van der Waals surface area contributed by atoms with Crippen molar-refractivity contribution in [2.24, 2.45) is 0 Å². The van der Waals surface area contributed by atoms with E-state index in [1.54, 1.807) is 30.8 Å². The molecule has 2 N–H and O–H groups in total. The number of aryl methyl sites for hydroxylation is 1. The van der Waals surface area contributed by atoms with Crippen LogP contribution in [0.15, 0.2) is 55.0 Å². The first-order valence-electron chi connectivity index (χ1n) is 11.0. The van der Waals surface area contributed by atoms with Crippen LogP contribution in [0.25, 0.3) is 44.0 Å². The molecule has 7 nitrogen and oxygen atoms in total. The number of nitrogens with zero attached hydrogens (tertiary/aromatic N) is 5. The Balaban J connectivity index is 1.77. The number of nitrogen functional groups attached to an aromatic ring is 1. The van der Waals surface area contributed by atoms with Gasteiger partial charge in [-0.2, -0.15) is 0 Å². The second-order valence-electron chi connectivity index (χ2n) is 9.13. The molecule has 0 aliphatic rings. The van der Waals surface area contributed by atoms with Crippen molar-refractivity contribution < 1.29 is 4.74 Å². The Morgan fingerprint density at radius 1 is 0.912 bits per heavy atom. The summed E-state index contributed by atoms with van der Waals surface area (Å²) < 4.78 is 7.87. The molecular formula is C26H26N6OS. The van der Waals surface area contributed by atoms with Crippen molar-refractivity contribution in [1.29, 1.82) is 0 Å². The zero-order valence-corrected chi connectivity index (χ0v) is 20.6. The number of rotatable bonds is 4. The van der Waals surface area contributed by atoms with Crippen LogP contribution in [-0.2, 0) is 5.54 Å². The Morgan fingerprint density at radius 3 is 2.32 bits per heavy atom. The van der Waals surface area contributed by atoms with E-state index >= 15 is 0 Å². The highest BCUT2D eigenvalue weighted by atomic mass is 32.1. The van der Waals surface area contributed by atoms with Crippen LogP contribution in [0.4, 0.5) is 5.95 Å². The molecule has 0 saturated carbocycles. The van der Waals surface area contributed by atoms with Crippen molar-refractivity contribution in [3.63, 3.8) is 0 Å². The Bertz CT molecular complexity index is 1490. The molecule has 0 unspecified atom stereocenters. The summed E-state index contributed by atoms with van der Waals surface area (Å²) in [6.45, 7) is 8.59. The number of hydrogen-bond donors (Lipinski definition) is 1. The van der Waals surface area contributed by atoms with Crippen molar-refractivity contribution >= 4 is 28.3 Å². The number of fused-ring (bicyclic) bond motifs is 1.